The average molecular weight is 258 g/mol. The summed E-state index contributed by atoms with van der Waals surface area (Å²) in [6.07, 6.45) is 2.11. The van der Waals surface area contributed by atoms with Crippen LogP contribution in [0.2, 0.25) is 0 Å². The number of nitriles is 1. The van der Waals surface area contributed by atoms with Gasteiger partial charge in [-0.3, -0.25) is 0 Å². The van der Waals surface area contributed by atoms with Gasteiger partial charge in [0.1, 0.15) is 11.2 Å². The largest absolute Gasteiger partial charge is 0.493 e. The molecule has 1 aromatic carbocycles. The molecule has 0 amide bonds. The third kappa shape index (κ3) is 1.99. The highest BCUT2D eigenvalue weighted by Gasteiger charge is 2.46. The minimum absolute atomic E-state index is 0.0125. The summed E-state index contributed by atoms with van der Waals surface area (Å²) in [6, 6.07) is 8.70. The highest BCUT2D eigenvalue weighted by molar-refractivity contribution is 5.41. The highest BCUT2D eigenvalue weighted by atomic mass is 16.5. The molecule has 4 nitrogen and oxygen atoms in total. The summed E-state index contributed by atoms with van der Waals surface area (Å²) < 4.78 is 10.9. The second-order valence-electron chi connectivity index (χ2n) is 5.30. The van der Waals surface area contributed by atoms with Gasteiger partial charge in [-0.15, -0.1) is 0 Å². The molecular formula is C15H18N2O2. The predicted octanol–water partition coefficient (Wildman–Crippen LogP) is 1.81. The van der Waals surface area contributed by atoms with Crippen LogP contribution in [-0.4, -0.2) is 26.9 Å². The Bertz CT molecular complexity index is 517. The van der Waals surface area contributed by atoms with Crippen molar-refractivity contribution in [2.24, 2.45) is 5.41 Å². The molecule has 1 atom stereocenters. The summed E-state index contributed by atoms with van der Waals surface area (Å²) in [5.41, 5.74) is 1.97. The van der Waals surface area contributed by atoms with Crippen molar-refractivity contribution in [2.75, 3.05) is 26.9 Å². The molecule has 0 spiro atoms. The molecular weight excluding hydrogens is 240 g/mol. The molecule has 100 valence electrons. The predicted molar refractivity (Wildman–Crippen MR) is 70.9 cm³/mol. The van der Waals surface area contributed by atoms with E-state index in [0.29, 0.717) is 13.2 Å². The Kier molecular flexibility index (Phi) is 3.17. The van der Waals surface area contributed by atoms with Gasteiger partial charge in [-0.25, -0.2) is 0 Å². The van der Waals surface area contributed by atoms with Gasteiger partial charge in [-0.05, 0) is 37.1 Å². The minimum Gasteiger partial charge on any atom is -0.493 e. The normalized spacial score (nSPS) is 21.5. The van der Waals surface area contributed by atoms with Gasteiger partial charge in [0.25, 0.3) is 0 Å². The van der Waals surface area contributed by atoms with Gasteiger partial charge in [0, 0.05) is 0 Å². The second-order valence-corrected chi connectivity index (χ2v) is 5.30. The summed E-state index contributed by atoms with van der Waals surface area (Å²) in [7, 11) is 1.90. The van der Waals surface area contributed by atoms with E-state index in [2.05, 4.69) is 23.5 Å². The van der Waals surface area contributed by atoms with Crippen molar-refractivity contribution in [2.45, 2.75) is 18.9 Å². The van der Waals surface area contributed by atoms with E-state index in [1.807, 2.05) is 13.1 Å². The number of nitrogens with zero attached hydrogens (tertiary/aromatic N) is 1. The van der Waals surface area contributed by atoms with Crippen LogP contribution >= 0.6 is 0 Å². The van der Waals surface area contributed by atoms with E-state index >= 15 is 0 Å². The van der Waals surface area contributed by atoms with E-state index < -0.39 is 5.41 Å². The van der Waals surface area contributed by atoms with Crippen LogP contribution in [0.15, 0.2) is 18.2 Å². The number of hydrogen-bond donors (Lipinski definition) is 1. The maximum absolute atomic E-state index is 9.44. The smallest absolute Gasteiger partial charge is 0.123 e. The number of ether oxygens (including phenoxy) is 2. The molecule has 2 aliphatic rings. The Morgan fingerprint density at radius 1 is 1.42 bits per heavy atom. The number of benzene rings is 1. The van der Waals surface area contributed by atoms with Crippen molar-refractivity contribution >= 4 is 0 Å². The van der Waals surface area contributed by atoms with Gasteiger partial charge in [-0.1, -0.05) is 12.1 Å². The van der Waals surface area contributed by atoms with Crippen LogP contribution in [0.5, 0.6) is 5.75 Å². The molecule has 1 aromatic rings. The van der Waals surface area contributed by atoms with Crippen LogP contribution in [0.1, 0.15) is 23.6 Å². The van der Waals surface area contributed by atoms with Crippen LogP contribution in [-0.2, 0) is 11.2 Å². The van der Waals surface area contributed by atoms with E-state index in [9.17, 15) is 5.26 Å². The van der Waals surface area contributed by atoms with Gasteiger partial charge in [0.15, 0.2) is 0 Å². The van der Waals surface area contributed by atoms with Gasteiger partial charge < -0.3 is 14.8 Å². The maximum atomic E-state index is 9.44. The fourth-order valence-electron chi connectivity index (χ4n) is 2.94. The molecule has 19 heavy (non-hydrogen) atoms. The molecule has 0 aromatic heterocycles. The standard InChI is InChI=1S/C15H18N2O2/c1-17-14(15(8-16)9-18-10-15)12-4-5-13-11(7-12)3-2-6-19-13/h4-5,7,14,17H,2-3,6,9-10H2,1H3. The van der Waals surface area contributed by atoms with Gasteiger partial charge in [-0.2, -0.15) is 5.26 Å². The van der Waals surface area contributed by atoms with Crippen molar-refractivity contribution in [1.82, 2.24) is 5.32 Å². The van der Waals surface area contributed by atoms with E-state index in [1.165, 1.54) is 5.56 Å². The molecule has 1 unspecified atom stereocenters. The highest BCUT2D eigenvalue weighted by Crippen LogP contribution is 2.41. The SMILES string of the molecule is CNC(c1ccc2c(c1)CCCO2)C1(C#N)COC1. The lowest BCUT2D eigenvalue weighted by atomic mass is 9.76. The lowest BCUT2D eigenvalue weighted by Crippen LogP contribution is -2.50. The number of nitrogens with one attached hydrogen (secondary N) is 1. The van der Waals surface area contributed by atoms with E-state index in [0.717, 1.165) is 30.8 Å². The monoisotopic (exact) mass is 258 g/mol. The fourth-order valence-corrected chi connectivity index (χ4v) is 2.94. The number of rotatable bonds is 3. The molecule has 2 heterocycles. The molecule has 4 heteroatoms. The first-order valence-corrected chi connectivity index (χ1v) is 6.71. The lowest BCUT2D eigenvalue weighted by Gasteiger charge is -2.41. The van der Waals surface area contributed by atoms with Crippen LogP contribution in [0.3, 0.4) is 0 Å². The second kappa shape index (κ2) is 4.84. The average Bonchev–Trinajstić information content (AvgIpc) is 2.42. The number of aryl methyl sites for hydroxylation is 1. The van der Waals surface area contributed by atoms with E-state index in [-0.39, 0.29) is 6.04 Å². The van der Waals surface area contributed by atoms with Crippen molar-refractivity contribution in [3.63, 3.8) is 0 Å². The van der Waals surface area contributed by atoms with Gasteiger partial charge in [0.2, 0.25) is 0 Å². The Morgan fingerprint density at radius 2 is 2.26 bits per heavy atom. The van der Waals surface area contributed by atoms with Crippen LogP contribution < -0.4 is 10.1 Å². The van der Waals surface area contributed by atoms with Gasteiger partial charge in [0.05, 0.1) is 31.9 Å². The summed E-state index contributed by atoms with van der Waals surface area (Å²) in [5.74, 6) is 0.987. The zero-order valence-electron chi connectivity index (χ0n) is 11.1. The van der Waals surface area contributed by atoms with Crippen molar-refractivity contribution < 1.29 is 9.47 Å². The van der Waals surface area contributed by atoms with Crippen molar-refractivity contribution in [3.05, 3.63) is 29.3 Å². The summed E-state index contributed by atoms with van der Waals surface area (Å²) in [4.78, 5) is 0. The Hall–Kier alpha value is -1.57. The Morgan fingerprint density at radius 3 is 2.89 bits per heavy atom. The molecule has 0 saturated carbocycles. The first-order chi connectivity index (χ1) is 9.29. The molecule has 1 saturated heterocycles. The molecule has 0 aliphatic carbocycles. The molecule has 0 radical (unpaired) electrons. The van der Waals surface area contributed by atoms with E-state index in [4.69, 9.17) is 9.47 Å². The third-order valence-corrected chi connectivity index (χ3v) is 4.05. The van der Waals surface area contributed by atoms with Gasteiger partial charge >= 0.3 is 0 Å². The molecule has 2 aliphatic heterocycles. The summed E-state index contributed by atoms with van der Waals surface area (Å²) in [6.45, 7) is 1.81. The third-order valence-electron chi connectivity index (χ3n) is 4.05. The number of fused-ring (bicyclic) bond motifs is 1. The number of hydrogen-bond acceptors (Lipinski definition) is 4. The minimum atomic E-state index is -0.432. The molecule has 3 rings (SSSR count). The zero-order valence-corrected chi connectivity index (χ0v) is 11.1. The zero-order chi connectivity index (χ0) is 13.3. The first kappa shape index (κ1) is 12.5. The maximum Gasteiger partial charge on any atom is 0.123 e. The summed E-state index contributed by atoms with van der Waals surface area (Å²) in [5, 5.41) is 12.7. The Labute approximate surface area is 113 Å². The van der Waals surface area contributed by atoms with Crippen molar-refractivity contribution in [3.8, 4) is 11.8 Å². The Balaban J connectivity index is 1.94. The topological polar surface area (TPSA) is 54.3 Å². The quantitative estimate of drug-likeness (QED) is 0.898. The molecule has 0 bridgehead atoms. The van der Waals surface area contributed by atoms with Crippen molar-refractivity contribution in [1.29, 1.82) is 5.26 Å². The molecule has 1 N–H and O–H groups in total. The van der Waals surface area contributed by atoms with Crippen LogP contribution in [0.4, 0.5) is 0 Å². The van der Waals surface area contributed by atoms with Crippen LogP contribution in [0.25, 0.3) is 0 Å². The fraction of sp³-hybridized carbons (Fsp3) is 0.533. The van der Waals surface area contributed by atoms with Crippen LogP contribution in [0, 0.1) is 16.7 Å². The lowest BCUT2D eigenvalue weighted by molar-refractivity contribution is -0.0963. The summed E-state index contributed by atoms with van der Waals surface area (Å²) >= 11 is 0. The first-order valence-electron chi connectivity index (χ1n) is 6.71. The molecule has 1 fully saturated rings. The van der Waals surface area contributed by atoms with E-state index in [1.54, 1.807) is 0 Å².